The molecule has 1 unspecified atom stereocenters. The van der Waals surface area contributed by atoms with Crippen LogP contribution in [0, 0.1) is 0 Å². The van der Waals surface area contributed by atoms with E-state index in [9.17, 15) is 8.78 Å². The Morgan fingerprint density at radius 1 is 1.17 bits per heavy atom. The summed E-state index contributed by atoms with van der Waals surface area (Å²) < 4.78 is 31.1. The Morgan fingerprint density at radius 2 is 2.00 bits per heavy atom. The Kier molecular flexibility index (Phi) is 7.95. The van der Waals surface area contributed by atoms with Gasteiger partial charge in [0.25, 0.3) is 0 Å². The van der Waals surface area contributed by atoms with Gasteiger partial charge in [-0.15, -0.1) is 0 Å². The van der Waals surface area contributed by atoms with Crippen molar-refractivity contribution in [1.29, 1.82) is 0 Å². The van der Waals surface area contributed by atoms with Gasteiger partial charge < -0.3 is 15.4 Å². The van der Waals surface area contributed by atoms with Crippen molar-refractivity contribution in [3.8, 4) is 17.0 Å². The van der Waals surface area contributed by atoms with Gasteiger partial charge in [0.1, 0.15) is 31.0 Å². The first-order chi connectivity index (χ1) is 14.2. The lowest BCUT2D eigenvalue weighted by Crippen LogP contribution is -2.24. The predicted octanol–water partition coefficient (Wildman–Crippen LogP) is 4.79. The first-order valence-electron chi connectivity index (χ1n) is 10.4. The van der Waals surface area contributed by atoms with E-state index in [-0.39, 0.29) is 13.2 Å². The largest absolute Gasteiger partial charge is 0.489 e. The number of hydrogen-bond acceptors (Lipinski definition) is 6. The van der Waals surface area contributed by atoms with E-state index in [0.717, 1.165) is 18.4 Å². The first-order valence-corrected chi connectivity index (χ1v) is 10.4. The highest BCUT2D eigenvalue weighted by molar-refractivity contribution is 5.73. The summed E-state index contributed by atoms with van der Waals surface area (Å²) in [6.45, 7) is 1.44. The van der Waals surface area contributed by atoms with E-state index in [1.54, 1.807) is 31.5 Å². The molecule has 0 radical (unpaired) electrons. The van der Waals surface area contributed by atoms with Crippen LogP contribution in [0.5, 0.6) is 5.75 Å². The van der Waals surface area contributed by atoms with Crippen LogP contribution in [0.4, 0.5) is 20.5 Å². The molecule has 6 nitrogen and oxygen atoms in total. The molecule has 2 aromatic heterocycles. The molecule has 0 aromatic carbocycles. The summed E-state index contributed by atoms with van der Waals surface area (Å²) >= 11 is 0. The minimum Gasteiger partial charge on any atom is -0.489 e. The van der Waals surface area contributed by atoms with Gasteiger partial charge in [-0.05, 0) is 31.4 Å². The number of anilines is 2. The molecule has 0 saturated heterocycles. The van der Waals surface area contributed by atoms with Gasteiger partial charge in [0.2, 0.25) is 5.95 Å². The summed E-state index contributed by atoms with van der Waals surface area (Å²) in [7, 11) is 0. The van der Waals surface area contributed by atoms with E-state index < -0.39 is 12.8 Å². The second-order valence-electron chi connectivity index (χ2n) is 7.24. The van der Waals surface area contributed by atoms with Crippen LogP contribution in [0.2, 0.25) is 0 Å². The smallest absolute Gasteiger partial charge is 0.224 e. The highest BCUT2D eigenvalue weighted by atomic mass is 19.1. The average Bonchev–Trinajstić information content (AvgIpc) is 2.77. The third-order valence-electron chi connectivity index (χ3n) is 5.02. The molecule has 1 saturated carbocycles. The molecule has 0 aliphatic heterocycles. The number of alkyl halides is 2. The highest BCUT2D eigenvalue weighted by Gasteiger charge is 2.18. The summed E-state index contributed by atoms with van der Waals surface area (Å²) in [5.74, 6) is 1.60. The van der Waals surface area contributed by atoms with Crippen molar-refractivity contribution in [2.45, 2.75) is 57.7 Å². The van der Waals surface area contributed by atoms with Gasteiger partial charge in [-0.3, -0.25) is 4.98 Å². The second kappa shape index (κ2) is 10.9. The summed E-state index contributed by atoms with van der Waals surface area (Å²) in [6, 6.07) is 3.91. The van der Waals surface area contributed by atoms with Crippen LogP contribution in [0.15, 0.2) is 24.5 Å². The van der Waals surface area contributed by atoms with E-state index in [0.29, 0.717) is 35.7 Å². The van der Waals surface area contributed by atoms with Gasteiger partial charge in [0.15, 0.2) is 0 Å². The Bertz CT molecular complexity index is 753. The molecule has 0 amide bonds. The highest BCUT2D eigenvalue weighted by Crippen LogP contribution is 2.29. The van der Waals surface area contributed by atoms with Crippen molar-refractivity contribution in [1.82, 2.24) is 15.0 Å². The Morgan fingerprint density at radius 3 is 2.69 bits per heavy atom. The summed E-state index contributed by atoms with van der Waals surface area (Å²) in [6.07, 6.45) is 8.62. The number of ether oxygens (including phenoxy) is 1. The number of pyridine rings is 1. The number of nitrogens with one attached hydrogen (secondary N) is 2. The zero-order valence-electron chi connectivity index (χ0n) is 16.8. The number of hydrogen-bond donors (Lipinski definition) is 2. The van der Waals surface area contributed by atoms with Crippen LogP contribution in [0.25, 0.3) is 11.3 Å². The monoisotopic (exact) mass is 405 g/mol. The van der Waals surface area contributed by atoms with E-state index in [1.165, 1.54) is 19.3 Å². The van der Waals surface area contributed by atoms with E-state index in [1.807, 2.05) is 0 Å². The molecule has 1 aliphatic rings. The fourth-order valence-corrected chi connectivity index (χ4v) is 3.33. The Hall–Kier alpha value is -2.51. The van der Waals surface area contributed by atoms with E-state index in [2.05, 4.69) is 25.6 Å². The maximum Gasteiger partial charge on any atom is 0.224 e. The summed E-state index contributed by atoms with van der Waals surface area (Å²) in [5, 5.41) is 6.50. The summed E-state index contributed by atoms with van der Waals surface area (Å²) in [4.78, 5) is 13.4. The van der Waals surface area contributed by atoms with Gasteiger partial charge in [-0.2, -0.15) is 4.98 Å². The fraction of sp³-hybridized carbons (Fsp3) is 0.571. The lowest BCUT2D eigenvalue weighted by molar-refractivity contribution is 0.272. The van der Waals surface area contributed by atoms with Crippen LogP contribution in [0.1, 0.15) is 45.4 Å². The third-order valence-corrected chi connectivity index (χ3v) is 5.02. The van der Waals surface area contributed by atoms with Crippen LogP contribution in [-0.2, 0) is 0 Å². The van der Waals surface area contributed by atoms with Gasteiger partial charge in [0.05, 0.1) is 17.5 Å². The SMILES string of the molecule is CCC(F)CNc1ncc(-c2ccc(OCCF)cn2)c(NC2CCCCC2)n1. The lowest BCUT2D eigenvalue weighted by Gasteiger charge is -2.24. The van der Waals surface area contributed by atoms with Gasteiger partial charge in [-0.1, -0.05) is 26.2 Å². The normalized spacial score (nSPS) is 15.7. The Labute approximate surface area is 170 Å². The minimum atomic E-state index is -0.938. The number of halogens is 2. The van der Waals surface area contributed by atoms with Crippen molar-refractivity contribution in [2.24, 2.45) is 0 Å². The first kappa shape index (κ1) is 21.2. The number of rotatable bonds is 10. The zero-order valence-corrected chi connectivity index (χ0v) is 16.8. The molecule has 1 atom stereocenters. The molecule has 2 aromatic rings. The molecule has 2 heterocycles. The molecule has 0 bridgehead atoms. The molecule has 0 spiro atoms. The molecule has 3 rings (SSSR count). The molecule has 1 aliphatic carbocycles. The van der Waals surface area contributed by atoms with Crippen LogP contribution in [-0.4, -0.2) is 47.0 Å². The van der Waals surface area contributed by atoms with Gasteiger partial charge in [0, 0.05) is 18.8 Å². The molecule has 2 N–H and O–H groups in total. The van der Waals surface area contributed by atoms with E-state index in [4.69, 9.17) is 4.74 Å². The van der Waals surface area contributed by atoms with Crippen molar-refractivity contribution in [3.63, 3.8) is 0 Å². The number of aromatic nitrogens is 3. The van der Waals surface area contributed by atoms with Crippen LogP contribution < -0.4 is 15.4 Å². The van der Waals surface area contributed by atoms with Crippen molar-refractivity contribution in [3.05, 3.63) is 24.5 Å². The average molecular weight is 405 g/mol. The molecular formula is C21H29F2N5O. The molecule has 8 heteroatoms. The van der Waals surface area contributed by atoms with Crippen molar-refractivity contribution < 1.29 is 13.5 Å². The number of nitrogens with zero attached hydrogens (tertiary/aromatic N) is 3. The minimum absolute atomic E-state index is 0.00627. The maximum absolute atomic E-state index is 13.6. The topological polar surface area (TPSA) is 72.0 Å². The third kappa shape index (κ3) is 6.24. The Balaban J connectivity index is 1.81. The lowest BCUT2D eigenvalue weighted by atomic mass is 9.95. The van der Waals surface area contributed by atoms with Crippen molar-refractivity contribution in [2.75, 3.05) is 30.5 Å². The zero-order chi connectivity index (χ0) is 20.5. The van der Waals surface area contributed by atoms with Gasteiger partial charge >= 0.3 is 0 Å². The predicted molar refractivity (Wildman–Crippen MR) is 111 cm³/mol. The summed E-state index contributed by atoms with van der Waals surface area (Å²) in [5.41, 5.74) is 1.46. The van der Waals surface area contributed by atoms with Crippen LogP contribution >= 0.6 is 0 Å². The standard InChI is InChI=1S/C21H29F2N5O/c1-2-15(23)12-25-21-26-14-18(19-9-8-17(13-24-19)29-11-10-22)20(28-21)27-16-6-4-3-5-7-16/h8-9,13-16H,2-7,10-12H2,1H3,(H2,25,26,27,28). The molecule has 1 fully saturated rings. The quantitative estimate of drug-likeness (QED) is 0.592. The fourth-order valence-electron chi connectivity index (χ4n) is 3.33. The molecular weight excluding hydrogens is 376 g/mol. The van der Waals surface area contributed by atoms with Crippen LogP contribution in [0.3, 0.4) is 0 Å². The maximum atomic E-state index is 13.6. The van der Waals surface area contributed by atoms with Gasteiger partial charge in [-0.25, -0.2) is 13.8 Å². The molecule has 158 valence electrons. The van der Waals surface area contributed by atoms with Crippen molar-refractivity contribution >= 4 is 11.8 Å². The molecule has 29 heavy (non-hydrogen) atoms. The second-order valence-corrected chi connectivity index (χ2v) is 7.24. The van der Waals surface area contributed by atoms with E-state index >= 15 is 0 Å².